The third-order valence-corrected chi connectivity index (χ3v) is 6.69. The zero-order valence-electron chi connectivity index (χ0n) is 18.4. The Labute approximate surface area is 184 Å². The first-order valence-corrected chi connectivity index (χ1v) is 11.4. The molecule has 2 heterocycles. The molecular formula is C27H30N2O2. The van der Waals surface area contributed by atoms with Crippen molar-refractivity contribution in [1.82, 2.24) is 9.80 Å². The van der Waals surface area contributed by atoms with E-state index in [9.17, 15) is 4.79 Å². The van der Waals surface area contributed by atoms with Crippen LogP contribution in [0.15, 0.2) is 60.7 Å². The van der Waals surface area contributed by atoms with Crippen molar-refractivity contribution >= 4 is 16.7 Å². The molecule has 1 fully saturated rings. The lowest BCUT2D eigenvalue weighted by atomic mass is 9.99. The number of carbonyl (C=O) groups is 1. The Morgan fingerprint density at radius 1 is 0.968 bits per heavy atom. The third kappa shape index (κ3) is 4.17. The number of carbonyl (C=O) groups excluding carboxylic acids is 1. The second-order valence-corrected chi connectivity index (χ2v) is 9.09. The zero-order chi connectivity index (χ0) is 21.4. The Bertz CT molecular complexity index is 1110. The molecule has 1 saturated heterocycles. The minimum atomic E-state index is 0.108. The molecule has 1 amide bonds. The predicted molar refractivity (Wildman–Crippen MR) is 125 cm³/mol. The van der Waals surface area contributed by atoms with Crippen LogP contribution >= 0.6 is 0 Å². The van der Waals surface area contributed by atoms with E-state index in [-0.39, 0.29) is 12.0 Å². The van der Waals surface area contributed by atoms with E-state index in [1.807, 2.05) is 29.2 Å². The van der Waals surface area contributed by atoms with E-state index in [0.717, 1.165) is 54.6 Å². The topological polar surface area (TPSA) is 32.8 Å². The van der Waals surface area contributed by atoms with Crippen LogP contribution in [0.3, 0.4) is 0 Å². The van der Waals surface area contributed by atoms with Crippen LogP contribution in [0.4, 0.5) is 0 Å². The summed E-state index contributed by atoms with van der Waals surface area (Å²) in [5, 5.41) is 2.18. The monoisotopic (exact) mass is 414 g/mol. The van der Waals surface area contributed by atoms with Gasteiger partial charge in [0.2, 0.25) is 0 Å². The standard InChI is InChI=1S/C27H30N2O2/c1-19(2)28-14-12-26(18-28)31-25-10-9-21-15-23(8-7-22(21)16-25)27(30)29-13-11-20-5-3-4-6-24(20)17-29/h3-10,15-16,19,26H,11-14,17-18H2,1-2H3. The van der Waals surface area contributed by atoms with Gasteiger partial charge in [-0.25, -0.2) is 0 Å². The van der Waals surface area contributed by atoms with Crippen LogP contribution in [-0.2, 0) is 13.0 Å². The molecule has 0 aromatic heterocycles. The fraction of sp³-hybridized carbons (Fsp3) is 0.370. The minimum Gasteiger partial charge on any atom is -0.489 e. The number of likely N-dealkylation sites (tertiary alicyclic amines) is 1. The molecular weight excluding hydrogens is 384 g/mol. The van der Waals surface area contributed by atoms with Gasteiger partial charge in [-0.05, 0) is 72.9 Å². The fourth-order valence-corrected chi connectivity index (χ4v) is 4.79. The normalized spacial score (nSPS) is 19.1. The molecule has 2 aliphatic rings. The highest BCUT2D eigenvalue weighted by molar-refractivity contribution is 5.99. The number of fused-ring (bicyclic) bond motifs is 2. The van der Waals surface area contributed by atoms with E-state index in [0.29, 0.717) is 12.6 Å². The van der Waals surface area contributed by atoms with E-state index in [1.54, 1.807) is 0 Å². The van der Waals surface area contributed by atoms with Gasteiger partial charge in [-0.1, -0.05) is 36.4 Å². The first-order valence-electron chi connectivity index (χ1n) is 11.4. The van der Waals surface area contributed by atoms with E-state index < -0.39 is 0 Å². The third-order valence-electron chi connectivity index (χ3n) is 6.69. The van der Waals surface area contributed by atoms with Crippen molar-refractivity contribution in [3.05, 3.63) is 77.4 Å². The van der Waals surface area contributed by atoms with Gasteiger partial charge in [-0.2, -0.15) is 0 Å². The lowest BCUT2D eigenvalue weighted by Crippen LogP contribution is -2.35. The number of hydrogen-bond acceptors (Lipinski definition) is 3. The Morgan fingerprint density at radius 3 is 2.55 bits per heavy atom. The molecule has 31 heavy (non-hydrogen) atoms. The van der Waals surface area contributed by atoms with E-state index in [2.05, 4.69) is 55.1 Å². The highest BCUT2D eigenvalue weighted by Gasteiger charge is 2.26. The van der Waals surface area contributed by atoms with Crippen LogP contribution in [0.5, 0.6) is 5.75 Å². The molecule has 0 aliphatic carbocycles. The summed E-state index contributed by atoms with van der Waals surface area (Å²) in [6.45, 7) is 8.02. The number of amides is 1. The van der Waals surface area contributed by atoms with Crippen LogP contribution in [-0.4, -0.2) is 47.5 Å². The maximum Gasteiger partial charge on any atom is 0.254 e. The Balaban J connectivity index is 1.29. The van der Waals surface area contributed by atoms with Crippen LogP contribution in [0, 0.1) is 0 Å². The van der Waals surface area contributed by atoms with Crippen molar-refractivity contribution in [2.75, 3.05) is 19.6 Å². The first kappa shape index (κ1) is 20.1. The quantitative estimate of drug-likeness (QED) is 0.609. The minimum absolute atomic E-state index is 0.108. The SMILES string of the molecule is CC(C)N1CCC(Oc2ccc3cc(C(=O)N4CCc5ccccc5C4)ccc3c2)C1. The van der Waals surface area contributed by atoms with Crippen LogP contribution in [0.25, 0.3) is 10.8 Å². The zero-order valence-corrected chi connectivity index (χ0v) is 18.4. The number of ether oxygens (including phenoxy) is 1. The molecule has 3 aromatic rings. The smallest absolute Gasteiger partial charge is 0.254 e. The summed E-state index contributed by atoms with van der Waals surface area (Å²) in [6, 6.07) is 21.2. The van der Waals surface area contributed by atoms with Gasteiger partial charge in [0, 0.05) is 37.8 Å². The number of nitrogens with zero attached hydrogens (tertiary/aromatic N) is 2. The first-order chi connectivity index (χ1) is 15.1. The number of rotatable bonds is 4. The van der Waals surface area contributed by atoms with Crippen molar-refractivity contribution in [3.63, 3.8) is 0 Å². The Morgan fingerprint density at radius 2 is 1.74 bits per heavy atom. The molecule has 0 radical (unpaired) electrons. The Kier molecular flexibility index (Phi) is 5.41. The van der Waals surface area contributed by atoms with Gasteiger partial charge in [-0.15, -0.1) is 0 Å². The molecule has 4 nitrogen and oxygen atoms in total. The second-order valence-electron chi connectivity index (χ2n) is 9.09. The molecule has 0 bridgehead atoms. The molecule has 4 heteroatoms. The van der Waals surface area contributed by atoms with E-state index >= 15 is 0 Å². The summed E-state index contributed by atoms with van der Waals surface area (Å²) in [5.74, 6) is 1.02. The van der Waals surface area contributed by atoms with E-state index in [4.69, 9.17) is 4.74 Å². The maximum absolute atomic E-state index is 13.1. The molecule has 0 spiro atoms. The second kappa shape index (κ2) is 8.35. The summed E-state index contributed by atoms with van der Waals surface area (Å²) in [7, 11) is 0. The molecule has 3 aromatic carbocycles. The van der Waals surface area contributed by atoms with Crippen molar-refractivity contribution < 1.29 is 9.53 Å². The largest absolute Gasteiger partial charge is 0.489 e. The van der Waals surface area contributed by atoms with Crippen LogP contribution in [0.1, 0.15) is 41.8 Å². The van der Waals surface area contributed by atoms with Gasteiger partial charge in [0.05, 0.1) is 0 Å². The van der Waals surface area contributed by atoms with Crippen molar-refractivity contribution in [2.24, 2.45) is 0 Å². The highest BCUT2D eigenvalue weighted by Crippen LogP contribution is 2.26. The molecule has 5 rings (SSSR count). The van der Waals surface area contributed by atoms with E-state index in [1.165, 1.54) is 11.1 Å². The lowest BCUT2D eigenvalue weighted by Gasteiger charge is -2.29. The van der Waals surface area contributed by atoms with Gasteiger partial charge < -0.3 is 9.64 Å². The average Bonchev–Trinajstić information content (AvgIpc) is 3.27. The van der Waals surface area contributed by atoms with Crippen molar-refractivity contribution in [1.29, 1.82) is 0 Å². The number of hydrogen-bond donors (Lipinski definition) is 0. The molecule has 1 atom stereocenters. The van der Waals surface area contributed by atoms with Crippen molar-refractivity contribution in [2.45, 2.75) is 45.4 Å². The summed E-state index contributed by atoms with van der Waals surface area (Å²) in [5.41, 5.74) is 3.37. The predicted octanol–water partition coefficient (Wildman–Crippen LogP) is 4.90. The summed E-state index contributed by atoms with van der Waals surface area (Å²) in [6.07, 6.45) is 2.25. The molecule has 160 valence electrons. The summed E-state index contributed by atoms with van der Waals surface area (Å²) in [4.78, 5) is 17.6. The maximum atomic E-state index is 13.1. The Hall–Kier alpha value is -2.85. The van der Waals surface area contributed by atoms with Crippen LogP contribution < -0.4 is 4.74 Å². The molecule has 0 saturated carbocycles. The highest BCUT2D eigenvalue weighted by atomic mass is 16.5. The summed E-state index contributed by atoms with van der Waals surface area (Å²) < 4.78 is 6.25. The molecule has 2 aliphatic heterocycles. The number of benzene rings is 3. The van der Waals surface area contributed by atoms with Crippen molar-refractivity contribution in [3.8, 4) is 5.75 Å². The van der Waals surface area contributed by atoms with Gasteiger partial charge in [-0.3, -0.25) is 9.69 Å². The summed E-state index contributed by atoms with van der Waals surface area (Å²) >= 11 is 0. The lowest BCUT2D eigenvalue weighted by molar-refractivity contribution is 0.0735. The fourth-order valence-electron chi connectivity index (χ4n) is 4.79. The molecule has 0 N–H and O–H groups in total. The molecule has 1 unspecified atom stereocenters. The van der Waals surface area contributed by atoms with Gasteiger partial charge in [0.15, 0.2) is 0 Å². The van der Waals surface area contributed by atoms with Crippen LogP contribution in [0.2, 0.25) is 0 Å². The van der Waals surface area contributed by atoms with Gasteiger partial charge in [0.1, 0.15) is 11.9 Å². The average molecular weight is 415 g/mol. The van der Waals surface area contributed by atoms with Gasteiger partial charge in [0.25, 0.3) is 5.91 Å². The van der Waals surface area contributed by atoms with Gasteiger partial charge >= 0.3 is 0 Å².